The van der Waals surface area contributed by atoms with Gasteiger partial charge in [-0.15, -0.1) is 4.99 Å². The summed E-state index contributed by atoms with van der Waals surface area (Å²) >= 11 is 7.48. The number of nitriles is 1. The van der Waals surface area contributed by atoms with Crippen LogP contribution in [0.25, 0.3) is 11.3 Å². The summed E-state index contributed by atoms with van der Waals surface area (Å²) in [5.74, 6) is 0.368. The third kappa shape index (κ3) is 7.51. The van der Waals surface area contributed by atoms with E-state index in [1.54, 1.807) is 10.8 Å². The monoisotopic (exact) mass is 794 g/mol. The van der Waals surface area contributed by atoms with Gasteiger partial charge < -0.3 is 25.4 Å². The largest absolute Gasteiger partial charge is 0.341 e. The van der Waals surface area contributed by atoms with E-state index in [1.807, 2.05) is 81.6 Å². The minimum Gasteiger partial charge on any atom is -0.341 e. The van der Waals surface area contributed by atoms with Crippen molar-refractivity contribution in [1.82, 2.24) is 29.2 Å². The van der Waals surface area contributed by atoms with E-state index in [-0.39, 0.29) is 16.4 Å². The Morgan fingerprint density at radius 2 is 1.69 bits per heavy atom. The van der Waals surface area contributed by atoms with Crippen molar-refractivity contribution in [2.45, 2.75) is 41.8 Å². The number of H-pyrrole nitrogens is 1. The third-order valence-corrected chi connectivity index (χ3v) is 11.9. The number of aromatic amines is 1. The molecule has 4 heterocycles. The van der Waals surface area contributed by atoms with Crippen LogP contribution >= 0.6 is 31.9 Å². The standard InChI is InChI=1S/C35H44Br2N10O2/c1-42-18-20-43(21-19-42)27-12-15-44(16-13-27)32(48)30(22-36)47(28-10-6-3-7-11-28)33(40-25-38)45-17-14-35(39,31(37)24-45)46-23-29(41-34(46)49)26-8-4-2-5-9-26/h2-11,23,27,30-31H,12-22,24,39H2,1H3,(H,41,49)/t30-,31?,35?/m0/s1. The van der Waals surface area contributed by atoms with Crippen molar-refractivity contribution in [2.75, 3.05) is 69.6 Å². The van der Waals surface area contributed by atoms with E-state index < -0.39 is 11.7 Å². The second-order valence-electron chi connectivity index (χ2n) is 13.1. The number of halogens is 2. The molecule has 2 unspecified atom stereocenters. The molecule has 2 aromatic carbocycles. The molecule has 0 saturated carbocycles. The fraction of sp³-hybridized carbons (Fsp3) is 0.486. The molecule has 3 aliphatic rings. The summed E-state index contributed by atoms with van der Waals surface area (Å²) < 4.78 is 1.57. The van der Waals surface area contributed by atoms with Crippen LogP contribution in [0, 0.1) is 11.5 Å². The summed E-state index contributed by atoms with van der Waals surface area (Å²) in [5.41, 5.74) is 8.01. The maximum Gasteiger partial charge on any atom is 0.327 e. The molecule has 1 amide bonds. The zero-order chi connectivity index (χ0) is 34.5. The number of aromatic nitrogens is 2. The van der Waals surface area contributed by atoms with E-state index in [9.17, 15) is 14.9 Å². The number of nitrogens with zero attached hydrogens (tertiary/aromatic N) is 8. The molecular weight excluding hydrogens is 752 g/mol. The average Bonchev–Trinajstić information content (AvgIpc) is 3.54. The minimum atomic E-state index is -1.05. The normalized spacial score (nSPS) is 23.7. The van der Waals surface area contributed by atoms with E-state index in [4.69, 9.17) is 5.73 Å². The number of piperidine rings is 2. The van der Waals surface area contributed by atoms with Crippen molar-refractivity contribution >= 4 is 49.4 Å². The lowest BCUT2D eigenvalue weighted by molar-refractivity contribution is -0.133. The first-order valence-corrected chi connectivity index (χ1v) is 18.9. The number of nitrogens with two attached hydrogens (primary N) is 1. The number of carbonyl (C=O) groups excluding carboxylic acids is 1. The number of aliphatic imine (C=N–C) groups is 1. The van der Waals surface area contributed by atoms with Crippen LogP contribution in [0.1, 0.15) is 19.3 Å². The Kier molecular flexibility index (Phi) is 11.3. The molecule has 0 radical (unpaired) electrons. The second-order valence-corrected chi connectivity index (χ2v) is 14.9. The maximum atomic E-state index is 14.4. The molecule has 14 heteroatoms. The predicted molar refractivity (Wildman–Crippen MR) is 200 cm³/mol. The Morgan fingerprint density at radius 1 is 1.04 bits per heavy atom. The van der Waals surface area contributed by atoms with Crippen molar-refractivity contribution < 1.29 is 4.79 Å². The number of carbonyl (C=O) groups is 1. The number of alkyl halides is 2. The quantitative estimate of drug-likeness (QED) is 0.161. The fourth-order valence-electron chi connectivity index (χ4n) is 7.28. The number of piperazine rings is 1. The Morgan fingerprint density at radius 3 is 2.31 bits per heavy atom. The summed E-state index contributed by atoms with van der Waals surface area (Å²) in [6, 6.07) is 19.1. The van der Waals surface area contributed by atoms with Crippen LogP contribution in [0.2, 0.25) is 0 Å². The second kappa shape index (κ2) is 15.6. The molecule has 3 fully saturated rings. The molecule has 3 aliphatic heterocycles. The smallest absolute Gasteiger partial charge is 0.327 e. The van der Waals surface area contributed by atoms with Crippen molar-refractivity contribution in [3.05, 3.63) is 77.3 Å². The van der Waals surface area contributed by atoms with E-state index in [1.165, 1.54) is 0 Å². The van der Waals surface area contributed by atoms with Gasteiger partial charge in [-0.05, 0) is 37.6 Å². The zero-order valence-corrected chi connectivity index (χ0v) is 31.0. The maximum absolute atomic E-state index is 14.4. The third-order valence-electron chi connectivity index (χ3n) is 10.2. The van der Waals surface area contributed by atoms with Gasteiger partial charge in [-0.1, -0.05) is 80.4 Å². The average molecular weight is 797 g/mol. The van der Waals surface area contributed by atoms with Gasteiger partial charge in [0.2, 0.25) is 18.1 Å². The molecule has 0 spiro atoms. The molecule has 0 aliphatic carbocycles. The van der Waals surface area contributed by atoms with Gasteiger partial charge in [0.25, 0.3) is 0 Å². The highest BCUT2D eigenvalue weighted by Gasteiger charge is 2.45. The Hall–Kier alpha value is -3.48. The van der Waals surface area contributed by atoms with Crippen LogP contribution in [-0.4, -0.2) is 123 Å². The lowest BCUT2D eigenvalue weighted by atomic mass is 9.97. The number of amides is 1. The molecular formula is C35H44Br2N10O2. The van der Waals surface area contributed by atoms with Gasteiger partial charge in [0.05, 0.1) is 10.5 Å². The van der Waals surface area contributed by atoms with E-state index >= 15 is 0 Å². The van der Waals surface area contributed by atoms with Crippen molar-refractivity contribution in [1.29, 1.82) is 5.26 Å². The predicted octanol–water partition coefficient (Wildman–Crippen LogP) is 3.27. The number of benzene rings is 2. The fourth-order valence-corrected chi connectivity index (χ4v) is 8.64. The van der Waals surface area contributed by atoms with Crippen LogP contribution < -0.4 is 16.3 Å². The van der Waals surface area contributed by atoms with Gasteiger partial charge >= 0.3 is 5.69 Å². The zero-order valence-electron chi connectivity index (χ0n) is 27.8. The number of likely N-dealkylation sites (N-methyl/N-ethyl adjacent to an activating group) is 1. The number of rotatable bonds is 7. The van der Waals surface area contributed by atoms with Crippen molar-refractivity contribution in [3.8, 4) is 17.5 Å². The van der Waals surface area contributed by atoms with Gasteiger partial charge in [-0.3, -0.25) is 19.2 Å². The molecule has 260 valence electrons. The molecule has 49 heavy (non-hydrogen) atoms. The van der Waals surface area contributed by atoms with Gasteiger partial charge in [-0.25, -0.2) is 4.79 Å². The highest BCUT2D eigenvalue weighted by Crippen LogP contribution is 2.33. The molecule has 3 saturated heterocycles. The molecule has 12 nitrogen and oxygen atoms in total. The molecule has 6 rings (SSSR count). The van der Waals surface area contributed by atoms with Crippen LogP contribution in [0.4, 0.5) is 5.69 Å². The first kappa shape index (κ1) is 35.3. The van der Waals surface area contributed by atoms with Crippen LogP contribution in [0.5, 0.6) is 0 Å². The first-order valence-electron chi connectivity index (χ1n) is 16.9. The summed E-state index contributed by atoms with van der Waals surface area (Å²) in [4.78, 5) is 45.3. The molecule has 3 N–H and O–H groups in total. The van der Waals surface area contributed by atoms with E-state index in [2.05, 4.69) is 58.7 Å². The number of likely N-dealkylation sites (tertiary alicyclic amines) is 2. The van der Waals surface area contributed by atoms with Gasteiger partial charge in [-0.2, -0.15) is 5.26 Å². The lowest BCUT2D eigenvalue weighted by Crippen LogP contribution is -2.65. The topological polar surface area (TPSA) is 133 Å². The van der Waals surface area contributed by atoms with Crippen LogP contribution in [0.3, 0.4) is 0 Å². The van der Waals surface area contributed by atoms with Crippen LogP contribution in [0.15, 0.2) is 76.6 Å². The number of hydrogen-bond acceptors (Lipinski definition) is 7. The van der Waals surface area contributed by atoms with Crippen LogP contribution in [-0.2, 0) is 10.5 Å². The number of nitrogens with one attached hydrogen (secondary N) is 1. The van der Waals surface area contributed by atoms with Gasteiger partial charge in [0, 0.05) is 82.0 Å². The number of imidazole rings is 1. The van der Waals surface area contributed by atoms with Gasteiger partial charge in [0.15, 0.2) is 0 Å². The molecule has 3 atom stereocenters. The summed E-state index contributed by atoms with van der Waals surface area (Å²) in [6.07, 6.45) is 6.04. The minimum absolute atomic E-state index is 0.00362. The van der Waals surface area contributed by atoms with E-state index in [0.29, 0.717) is 55.6 Å². The Labute approximate surface area is 304 Å². The lowest BCUT2D eigenvalue weighted by Gasteiger charge is -2.47. The molecule has 3 aromatic rings. The number of para-hydroxylation sites is 1. The van der Waals surface area contributed by atoms with Crippen molar-refractivity contribution in [2.24, 2.45) is 10.7 Å². The SMILES string of the molecule is CN1CCN(C2CCN(C(=O)[C@H](CBr)N(C(=NC#N)N3CCC(N)(n4cc(-c5ccccc5)[nH]c4=O)C(Br)C3)c3ccccc3)CC2)CC1. The molecule has 0 bridgehead atoms. The highest BCUT2D eigenvalue weighted by atomic mass is 79.9. The highest BCUT2D eigenvalue weighted by molar-refractivity contribution is 9.09. The van der Waals surface area contributed by atoms with E-state index in [0.717, 1.165) is 50.3 Å². The summed E-state index contributed by atoms with van der Waals surface area (Å²) in [6.45, 7) is 6.40. The first-order chi connectivity index (χ1) is 23.7. The number of guanidine groups is 1. The number of hydrogen-bond donors (Lipinski definition) is 2. The summed E-state index contributed by atoms with van der Waals surface area (Å²) in [7, 11) is 2.17. The Balaban J connectivity index is 1.23. The Bertz CT molecular complexity index is 1690. The number of anilines is 1. The molecule has 1 aromatic heterocycles. The van der Waals surface area contributed by atoms with Crippen molar-refractivity contribution in [3.63, 3.8) is 0 Å². The van der Waals surface area contributed by atoms with Gasteiger partial charge in [0.1, 0.15) is 11.7 Å². The summed E-state index contributed by atoms with van der Waals surface area (Å²) in [5, 5.41) is 10.3.